The highest BCUT2D eigenvalue weighted by atomic mass is 15.0. The van der Waals surface area contributed by atoms with Gasteiger partial charge in [-0.2, -0.15) is 0 Å². The fraction of sp³-hybridized carbons (Fsp3) is 0.455. The summed E-state index contributed by atoms with van der Waals surface area (Å²) in [7, 11) is 0. The summed E-state index contributed by atoms with van der Waals surface area (Å²) in [5.41, 5.74) is 28.4. The Kier molecular flexibility index (Phi) is 17.5. The van der Waals surface area contributed by atoms with Crippen LogP contribution in [0.25, 0.3) is 0 Å². The molecule has 374 valence electrons. The molecule has 0 saturated heterocycles. The molecule has 0 amide bonds. The third kappa shape index (κ3) is 11.5. The second-order valence-electron chi connectivity index (χ2n) is 22.9. The fourth-order valence-electron chi connectivity index (χ4n) is 10.7. The third-order valence-corrected chi connectivity index (χ3v) is 15.3. The van der Waals surface area contributed by atoms with E-state index in [2.05, 4.69) is 245 Å². The van der Waals surface area contributed by atoms with E-state index in [9.17, 15) is 0 Å². The fourth-order valence-corrected chi connectivity index (χ4v) is 10.7. The van der Waals surface area contributed by atoms with Gasteiger partial charge in [0, 0.05) is 22.7 Å². The Bertz CT molecular complexity index is 2700. The lowest BCUT2D eigenvalue weighted by Gasteiger charge is -2.29. The smallest absolute Gasteiger partial charge is 0.0659 e. The van der Waals surface area contributed by atoms with Gasteiger partial charge in [-0.15, -0.1) is 0 Å². The molecule has 70 heavy (non-hydrogen) atoms. The van der Waals surface area contributed by atoms with E-state index in [1.165, 1.54) is 112 Å². The van der Waals surface area contributed by atoms with Crippen molar-refractivity contribution in [1.82, 2.24) is 0 Å². The summed E-state index contributed by atoms with van der Waals surface area (Å²) in [6, 6.07) is 32.2. The van der Waals surface area contributed by atoms with Gasteiger partial charge in [0.05, 0.1) is 22.7 Å². The number of rotatable bonds is 19. The highest BCUT2D eigenvalue weighted by Gasteiger charge is 2.26. The normalized spacial score (nSPS) is 12.4. The molecule has 0 spiro atoms. The number of anilines is 8. The molecule has 0 aliphatic carbocycles. The van der Waals surface area contributed by atoms with Gasteiger partial charge in [-0.3, -0.25) is 0 Å². The van der Waals surface area contributed by atoms with Crippen LogP contribution in [-0.4, -0.2) is 0 Å². The zero-order valence-electron chi connectivity index (χ0n) is 47.1. The minimum absolute atomic E-state index is 0.285. The Labute approximate surface area is 426 Å². The summed E-state index contributed by atoms with van der Waals surface area (Å²) >= 11 is 0. The Morgan fingerprint density at radius 1 is 0.314 bits per heavy atom. The van der Waals surface area contributed by atoms with Gasteiger partial charge in [-0.1, -0.05) is 177 Å². The van der Waals surface area contributed by atoms with E-state index in [0.717, 1.165) is 24.2 Å². The molecule has 4 heteroatoms. The van der Waals surface area contributed by atoms with Crippen LogP contribution in [-0.2, 0) is 6.42 Å². The van der Waals surface area contributed by atoms with E-state index in [1.54, 1.807) is 0 Å². The minimum Gasteiger partial charge on any atom is -0.353 e. The number of aryl methyl sites for hydroxylation is 2. The monoisotopic (exact) mass is 939 g/mol. The van der Waals surface area contributed by atoms with Crippen LogP contribution in [0.4, 0.5) is 45.5 Å². The average molecular weight is 939 g/mol. The average Bonchev–Trinajstić information content (AvgIpc) is 3.30. The van der Waals surface area contributed by atoms with E-state index < -0.39 is 0 Å². The molecule has 0 bridgehead atoms. The van der Waals surface area contributed by atoms with E-state index >= 15 is 0 Å². The summed E-state index contributed by atoms with van der Waals surface area (Å²) in [6.07, 6.45) is 1.97. The topological polar surface area (TPSA) is 48.1 Å². The van der Waals surface area contributed by atoms with Crippen LogP contribution in [0.5, 0.6) is 0 Å². The van der Waals surface area contributed by atoms with Crippen molar-refractivity contribution in [3.63, 3.8) is 0 Å². The molecule has 0 heterocycles. The first-order valence-electron chi connectivity index (χ1n) is 26.9. The summed E-state index contributed by atoms with van der Waals surface area (Å²) in [6.45, 7) is 46.4. The number of benzene rings is 6. The maximum atomic E-state index is 4.21. The molecular weight excluding hydrogens is 849 g/mol. The third-order valence-electron chi connectivity index (χ3n) is 15.3. The van der Waals surface area contributed by atoms with Crippen LogP contribution in [0, 0.1) is 34.6 Å². The first-order valence-corrected chi connectivity index (χ1v) is 26.9. The molecule has 0 aromatic heterocycles. The zero-order valence-corrected chi connectivity index (χ0v) is 47.1. The molecule has 0 fully saturated rings. The highest BCUT2D eigenvalue weighted by molar-refractivity contribution is 5.89. The van der Waals surface area contributed by atoms with Gasteiger partial charge in [-0.25, -0.2) is 0 Å². The zero-order chi connectivity index (χ0) is 51.5. The highest BCUT2D eigenvalue weighted by Crippen LogP contribution is 2.47. The van der Waals surface area contributed by atoms with Crippen LogP contribution in [0.1, 0.15) is 236 Å². The molecule has 6 aromatic carbocycles. The maximum absolute atomic E-state index is 4.21. The van der Waals surface area contributed by atoms with Crippen molar-refractivity contribution in [3.05, 3.63) is 163 Å². The van der Waals surface area contributed by atoms with Crippen molar-refractivity contribution in [2.75, 3.05) is 21.3 Å². The lowest BCUT2D eigenvalue weighted by molar-refractivity contribution is 0.675. The van der Waals surface area contributed by atoms with E-state index in [-0.39, 0.29) is 5.92 Å². The predicted octanol–water partition coefficient (Wildman–Crippen LogP) is 20.8. The van der Waals surface area contributed by atoms with E-state index in [1.807, 2.05) is 0 Å². The summed E-state index contributed by atoms with van der Waals surface area (Å²) in [5.74, 6) is 2.89. The summed E-state index contributed by atoms with van der Waals surface area (Å²) in [4.78, 5) is 0. The Hall–Kier alpha value is -5.48. The summed E-state index contributed by atoms with van der Waals surface area (Å²) < 4.78 is 0. The molecule has 6 aromatic rings. The molecule has 0 radical (unpaired) electrons. The van der Waals surface area contributed by atoms with Crippen LogP contribution in [0.2, 0.25) is 0 Å². The minimum atomic E-state index is 0.285. The molecule has 4 N–H and O–H groups in total. The molecule has 0 saturated carbocycles. The van der Waals surface area contributed by atoms with Crippen molar-refractivity contribution >= 4 is 45.5 Å². The van der Waals surface area contributed by atoms with Crippen molar-refractivity contribution in [2.45, 2.75) is 199 Å². The van der Waals surface area contributed by atoms with Crippen LogP contribution >= 0.6 is 0 Å². The Morgan fingerprint density at radius 3 is 0.900 bits per heavy atom. The first kappa shape index (κ1) is 53.9. The Balaban J connectivity index is 1.47. The largest absolute Gasteiger partial charge is 0.353 e. The predicted molar refractivity (Wildman–Crippen MR) is 311 cm³/mol. The number of hydrogen-bond donors (Lipinski definition) is 4. The van der Waals surface area contributed by atoms with Crippen molar-refractivity contribution in [2.24, 2.45) is 0 Å². The van der Waals surface area contributed by atoms with Gasteiger partial charge in [0.1, 0.15) is 0 Å². The second-order valence-corrected chi connectivity index (χ2v) is 22.9. The molecule has 0 aliphatic rings. The maximum Gasteiger partial charge on any atom is 0.0659 e. The SMILES string of the molecule is Cc1cc(Nc2c(C(C)C)cccc2C(C)C)c(Nc2c(C(C)C)cccc2C(C)CCc2c(C)c(C)c(Nc3c(C(C)C)cccc3C(C)C)c(Nc3c(C(C)C)cccc3C(C)C)c2C)cc1C. The van der Waals surface area contributed by atoms with Gasteiger partial charge in [-0.05, 0) is 185 Å². The van der Waals surface area contributed by atoms with Gasteiger partial charge in [0.15, 0.2) is 0 Å². The molecule has 4 nitrogen and oxygen atoms in total. The van der Waals surface area contributed by atoms with Crippen LogP contribution < -0.4 is 21.3 Å². The Morgan fingerprint density at radius 2 is 0.586 bits per heavy atom. The number of nitrogens with one attached hydrogen (secondary N) is 4. The second kappa shape index (κ2) is 22.7. The van der Waals surface area contributed by atoms with Crippen molar-refractivity contribution in [3.8, 4) is 0 Å². The standard InChI is InChI=1S/C66H90N4/c1-37(2)50-25-21-26-51(38(3)4)63(50)67-59-35-45(16)46(17)36-60(59)68-66-56(43(13)14)31-24-32-57(66)44(15)33-34-58-47(18)48(19)61(69-64-52(39(5)6)27-22-28-53(64)40(7)8)62(49(58)20)70-65-54(41(9)10)29-23-30-55(65)42(11)12/h21-32,35-44,67-70H,33-34H2,1-20H3. The molecular formula is C66H90N4. The molecule has 1 atom stereocenters. The molecule has 0 aliphatic heterocycles. The lowest BCUT2D eigenvalue weighted by atomic mass is 9.85. The quantitative estimate of drug-likeness (QED) is 0.0654. The van der Waals surface area contributed by atoms with Gasteiger partial charge in [0.25, 0.3) is 0 Å². The van der Waals surface area contributed by atoms with Gasteiger partial charge >= 0.3 is 0 Å². The van der Waals surface area contributed by atoms with Crippen LogP contribution in [0.3, 0.4) is 0 Å². The van der Waals surface area contributed by atoms with Crippen molar-refractivity contribution < 1.29 is 0 Å². The van der Waals surface area contributed by atoms with E-state index in [0.29, 0.717) is 41.4 Å². The van der Waals surface area contributed by atoms with E-state index in [4.69, 9.17) is 0 Å². The first-order chi connectivity index (χ1) is 33.0. The van der Waals surface area contributed by atoms with Gasteiger partial charge < -0.3 is 21.3 Å². The summed E-state index contributed by atoms with van der Waals surface area (Å²) in [5, 5.41) is 16.5. The van der Waals surface area contributed by atoms with Gasteiger partial charge in [0.2, 0.25) is 0 Å². The number of para-hydroxylation sites is 4. The molecule has 6 rings (SSSR count). The molecule has 1 unspecified atom stereocenters. The van der Waals surface area contributed by atoms with Crippen molar-refractivity contribution in [1.29, 1.82) is 0 Å². The number of hydrogen-bond acceptors (Lipinski definition) is 4. The van der Waals surface area contributed by atoms with Crippen LogP contribution in [0.15, 0.2) is 84.9 Å². The lowest BCUT2D eigenvalue weighted by Crippen LogP contribution is -2.13.